The van der Waals surface area contributed by atoms with Gasteiger partial charge in [-0.25, -0.2) is 4.98 Å². The van der Waals surface area contributed by atoms with Crippen LogP contribution in [0, 0.1) is 0 Å². The first-order valence-electron chi connectivity index (χ1n) is 6.91. The molecule has 3 rings (SSSR count). The molecule has 1 aliphatic rings. The number of carbonyl (C=O) groups is 1. The predicted octanol–water partition coefficient (Wildman–Crippen LogP) is 3.85. The number of H-pyrrole nitrogens is 1. The van der Waals surface area contributed by atoms with E-state index in [9.17, 15) is 18.0 Å². The third kappa shape index (κ3) is 3.19. The number of aromatic nitrogens is 2. The van der Waals surface area contributed by atoms with Gasteiger partial charge in [-0.15, -0.1) is 0 Å². The van der Waals surface area contributed by atoms with Crippen LogP contribution in [0.5, 0.6) is 0 Å². The molecule has 1 N–H and O–H groups in total. The lowest BCUT2D eigenvalue weighted by Crippen LogP contribution is -2.38. The first kappa shape index (κ1) is 15.9. The number of hydrogen-bond donors (Lipinski definition) is 1. The molecule has 2 aromatic heterocycles. The topological polar surface area (TPSA) is 49.0 Å². The van der Waals surface area contributed by atoms with Crippen LogP contribution in [-0.2, 0) is 0 Å². The Kier molecular flexibility index (Phi) is 3.83. The maximum Gasteiger partial charge on any atom is 0.389 e. The van der Waals surface area contributed by atoms with Crippen molar-refractivity contribution in [3.8, 4) is 11.3 Å². The fraction of sp³-hybridized carbons (Fsp3) is 0.333. The molecule has 4 nitrogen and oxygen atoms in total. The zero-order valence-corrected chi connectivity index (χ0v) is 12.9. The van der Waals surface area contributed by atoms with Crippen molar-refractivity contribution >= 4 is 17.5 Å². The monoisotopic (exact) mass is 343 g/mol. The van der Waals surface area contributed by atoms with Gasteiger partial charge in [0.1, 0.15) is 5.15 Å². The quantitative estimate of drug-likeness (QED) is 0.842. The van der Waals surface area contributed by atoms with Crippen molar-refractivity contribution in [3.63, 3.8) is 0 Å². The Labute approximate surface area is 135 Å². The number of pyridine rings is 1. The summed E-state index contributed by atoms with van der Waals surface area (Å²) in [6, 6.07) is 4.84. The highest BCUT2D eigenvalue weighted by Crippen LogP contribution is 2.38. The fourth-order valence-corrected chi connectivity index (χ4v) is 3.03. The lowest BCUT2D eigenvalue weighted by atomic mass is 9.93. The van der Waals surface area contributed by atoms with Gasteiger partial charge in [0.15, 0.2) is 0 Å². The molecular weight excluding hydrogens is 331 g/mol. The molecule has 23 heavy (non-hydrogen) atoms. The molecule has 122 valence electrons. The number of likely N-dealkylation sites (N-methyl/N-ethyl adjacent to an activating group) is 1. The van der Waals surface area contributed by atoms with Crippen molar-refractivity contribution < 1.29 is 18.0 Å². The summed E-state index contributed by atoms with van der Waals surface area (Å²) in [6.45, 7) is 0.0302. The number of hydrogen-bond acceptors (Lipinski definition) is 2. The van der Waals surface area contributed by atoms with Crippen LogP contribution in [0.15, 0.2) is 24.4 Å². The van der Waals surface area contributed by atoms with Gasteiger partial charge in [-0.1, -0.05) is 11.6 Å². The van der Waals surface area contributed by atoms with Gasteiger partial charge in [0, 0.05) is 42.7 Å². The normalized spacial score (nSPS) is 18.2. The van der Waals surface area contributed by atoms with Gasteiger partial charge in [-0.2, -0.15) is 13.2 Å². The second kappa shape index (κ2) is 5.56. The fourth-order valence-electron chi connectivity index (χ4n) is 2.85. The summed E-state index contributed by atoms with van der Waals surface area (Å²) in [7, 11) is 1.50. The smallest absolute Gasteiger partial charge is 0.357 e. The van der Waals surface area contributed by atoms with Crippen LogP contribution in [0.1, 0.15) is 28.4 Å². The minimum Gasteiger partial charge on any atom is -0.357 e. The first-order valence-corrected chi connectivity index (χ1v) is 7.29. The number of alkyl halides is 3. The number of amides is 1. The van der Waals surface area contributed by atoms with Gasteiger partial charge in [-0.3, -0.25) is 4.79 Å². The Morgan fingerprint density at radius 1 is 1.43 bits per heavy atom. The van der Waals surface area contributed by atoms with Crippen LogP contribution in [0.4, 0.5) is 13.2 Å². The Morgan fingerprint density at radius 3 is 2.83 bits per heavy atom. The number of halogens is 4. The number of aromatic amines is 1. The molecule has 0 saturated carbocycles. The van der Waals surface area contributed by atoms with Gasteiger partial charge >= 0.3 is 6.18 Å². The second-order valence-corrected chi connectivity index (χ2v) is 5.97. The van der Waals surface area contributed by atoms with E-state index in [-0.39, 0.29) is 23.2 Å². The van der Waals surface area contributed by atoms with Crippen molar-refractivity contribution in [1.29, 1.82) is 0 Å². The average Bonchev–Trinajstić information content (AvgIpc) is 2.89. The molecule has 3 heterocycles. The van der Waals surface area contributed by atoms with Gasteiger partial charge in [0.2, 0.25) is 0 Å². The van der Waals surface area contributed by atoms with Crippen LogP contribution in [0.3, 0.4) is 0 Å². The number of nitrogens with one attached hydrogen (secondary N) is 1. The molecule has 0 radical (unpaired) electrons. The van der Waals surface area contributed by atoms with Gasteiger partial charge in [0.05, 0.1) is 12.0 Å². The Balaban J connectivity index is 2.04. The Morgan fingerprint density at radius 2 is 2.17 bits per heavy atom. The lowest BCUT2D eigenvalue weighted by molar-refractivity contribution is -0.139. The van der Waals surface area contributed by atoms with Crippen molar-refractivity contribution in [2.45, 2.75) is 18.5 Å². The van der Waals surface area contributed by atoms with Gasteiger partial charge in [0.25, 0.3) is 5.91 Å². The molecule has 0 bridgehead atoms. The maximum atomic E-state index is 12.8. The van der Waals surface area contributed by atoms with Gasteiger partial charge in [-0.05, 0) is 18.2 Å². The summed E-state index contributed by atoms with van der Waals surface area (Å²) in [6.07, 6.45) is -3.78. The first-order chi connectivity index (χ1) is 10.7. The maximum absolute atomic E-state index is 12.8. The standard InChI is InChI=1S/C15H13ClF3N3O/c1-22-7-9(6-15(17,18)19)13-10(14(22)23)5-11(21-13)8-2-3-20-12(16)4-8/h2-5,9,21H,6-7H2,1H3. The summed E-state index contributed by atoms with van der Waals surface area (Å²) in [4.78, 5) is 20.4. The van der Waals surface area contributed by atoms with E-state index in [1.807, 2.05) is 0 Å². The van der Waals surface area contributed by atoms with E-state index in [0.717, 1.165) is 0 Å². The average molecular weight is 344 g/mol. The minimum atomic E-state index is -4.30. The summed E-state index contributed by atoms with van der Waals surface area (Å²) in [5.41, 5.74) is 1.82. The minimum absolute atomic E-state index is 0.0302. The Bertz CT molecular complexity index is 757. The van der Waals surface area contributed by atoms with Crippen LogP contribution in [0.25, 0.3) is 11.3 Å². The number of nitrogens with zero attached hydrogens (tertiary/aromatic N) is 2. The van der Waals surface area contributed by atoms with E-state index in [1.54, 1.807) is 18.2 Å². The van der Waals surface area contributed by atoms with E-state index < -0.39 is 18.5 Å². The van der Waals surface area contributed by atoms with E-state index in [2.05, 4.69) is 9.97 Å². The van der Waals surface area contributed by atoms with Crippen molar-refractivity contribution in [1.82, 2.24) is 14.9 Å². The van der Waals surface area contributed by atoms with Crippen molar-refractivity contribution in [3.05, 3.63) is 40.8 Å². The SMILES string of the molecule is CN1CC(CC(F)(F)F)c2[nH]c(-c3ccnc(Cl)c3)cc2C1=O. The largest absolute Gasteiger partial charge is 0.389 e. The van der Waals surface area contributed by atoms with Crippen LogP contribution >= 0.6 is 11.6 Å². The van der Waals surface area contributed by atoms with Crippen molar-refractivity contribution in [2.24, 2.45) is 0 Å². The van der Waals surface area contributed by atoms with E-state index >= 15 is 0 Å². The summed E-state index contributed by atoms with van der Waals surface area (Å²) in [5.74, 6) is -1.10. The van der Waals surface area contributed by atoms with Crippen molar-refractivity contribution in [2.75, 3.05) is 13.6 Å². The third-order valence-corrected chi connectivity index (χ3v) is 4.05. The Hall–Kier alpha value is -2.02. The second-order valence-electron chi connectivity index (χ2n) is 5.58. The molecule has 1 unspecified atom stereocenters. The summed E-state index contributed by atoms with van der Waals surface area (Å²) in [5, 5.41) is 0.269. The number of rotatable bonds is 2. The third-order valence-electron chi connectivity index (χ3n) is 3.84. The molecule has 1 amide bonds. The summed E-state index contributed by atoms with van der Waals surface area (Å²) < 4.78 is 38.4. The zero-order valence-electron chi connectivity index (χ0n) is 12.1. The van der Waals surface area contributed by atoms with Crippen LogP contribution in [-0.4, -0.2) is 40.5 Å². The molecule has 0 aliphatic carbocycles. The highest BCUT2D eigenvalue weighted by atomic mass is 35.5. The predicted molar refractivity (Wildman–Crippen MR) is 79.4 cm³/mol. The molecule has 0 fully saturated rings. The van der Waals surface area contributed by atoms with Crippen LogP contribution < -0.4 is 0 Å². The molecule has 8 heteroatoms. The van der Waals surface area contributed by atoms with Gasteiger partial charge < -0.3 is 9.88 Å². The molecule has 2 aromatic rings. The molecule has 0 spiro atoms. The molecule has 1 aliphatic heterocycles. The van der Waals surface area contributed by atoms with E-state index in [1.165, 1.54) is 18.1 Å². The molecule has 0 aromatic carbocycles. The van der Waals surface area contributed by atoms with E-state index in [4.69, 9.17) is 11.6 Å². The van der Waals surface area contributed by atoms with E-state index in [0.29, 0.717) is 17.0 Å². The number of carbonyl (C=O) groups excluding carboxylic acids is 1. The number of fused-ring (bicyclic) bond motifs is 1. The summed E-state index contributed by atoms with van der Waals surface area (Å²) >= 11 is 5.84. The van der Waals surface area contributed by atoms with Crippen LogP contribution in [0.2, 0.25) is 5.15 Å². The molecule has 1 atom stereocenters. The highest BCUT2D eigenvalue weighted by Gasteiger charge is 2.39. The zero-order chi connectivity index (χ0) is 16.8. The lowest BCUT2D eigenvalue weighted by Gasteiger charge is -2.30. The molecular formula is C15H13ClF3N3O. The highest BCUT2D eigenvalue weighted by molar-refractivity contribution is 6.29. The molecule has 0 saturated heterocycles.